The number of halogens is 4. The molecular weight excluding hydrogens is 434 g/mol. The molecule has 2 fully saturated rings. The minimum atomic E-state index is -1.20. The summed E-state index contributed by atoms with van der Waals surface area (Å²) in [6, 6.07) is 4.53. The minimum absolute atomic E-state index is 0.00178. The first-order valence-corrected chi connectivity index (χ1v) is 11.4. The predicted octanol–water partition coefficient (Wildman–Crippen LogP) is 7.04. The Morgan fingerprint density at radius 3 is 2.15 bits per heavy atom. The number of ether oxygens (including phenoxy) is 1. The number of carbonyl (C=O) groups excluding carboxylic acids is 1. The van der Waals surface area contributed by atoms with E-state index in [1.54, 1.807) is 0 Å². The van der Waals surface area contributed by atoms with Gasteiger partial charge in [-0.15, -0.1) is 0 Å². The molecule has 4 rings (SSSR count). The lowest BCUT2D eigenvalue weighted by atomic mass is 9.63. The second-order valence-electron chi connectivity index (χ2n) is 9.23. The number of nitrogens with zero attached hydrogens (tertiary/aromatic N) is 1. The molecule has 2 saturated carbocycles. The highest BCUT2D eigenvalue weighted by Gasteiger charge is 2.37. The summed E-state index contributed by atoms with van der Waals surface area (Å²) in [5, 5.41) is 8.71. The number of nitriles is 1. The van der Waals surface area contributed by atoms with Crippen molar-refractivity contribution < 1.29 is 27.1 Å². The normalized spacial score (nSPS) is 24.6. The van der Waals surface area contributed by atoms with Crippen molar-refractivity contribution in [2.24, 2.45) is 17.8 Å². The monoisotopic (exact) mass is 459 g/mol. The molecule has 0 saturated heterocycles. The first-order valence-electron chi connectivity index (χ1n) is 11.4. The Balaban J connectivity index is 1.50. The smallest absolute Gasteiger partial charge is 0.343 e. The second kappa shape index (κ2) is 9.54. The van der Waals surface area contributed by atoms with Crippen LogP contribution in [-0.2, 0) is 0 Å². The highest BCUT2D eigenvalue weighted by atomic mass is 19.1. The van der Waals surface area contributed by atoms with Gasteiger partial charge in [0.1, 0.15) is 40.7 Å². The average molecular weight is 459 g/mol. The van der Waals surface area contributed by atoms with Gasteiger partial charge in [-0.1, -0.05) is 19.8 Å². The SMILES string of the molecule is CC[C@H]1CC[C@@H]2CC(c3c(F)cc(C(=O)Oc4cc(F)c(C#N)c(F)c4)cc3F)CC[C@H]2C1. The first kappa shape index (κ1) is 23.3. The number of fused-ring (bicyclic) bond motifs is 1. The number of benzene rings is 2. The Kier molecular flexibility index (Phi) is 6.73. The quantitative estimate of drug-likeness (QED) is 0.280. The van der Waals surface area contributed by atoms with Crippen molar-refractivity contribution in [3.8, 4) is 11.8 Å². The van der Waals surface area contributed by atoms with Gasteiger partial charge in [-0.05, 0) is 67.9 Å². The van der Waals surface area contributed by atoms with Crippen LogP contribution in [0, 0.1) is 52.4 Å². The van der Waals surface area contributed by atoms with Crippen LogP contribution in [0.4, 0.5) is 17.6 Å². The van der Waals surface area contributed by atoms with Crippen LogP contribution in [0.1, 0.15) is 79.3 Å². The van der Waals surface area contributed by atoms with E-state index in [-0.39, 0.29) is 11.5 Å². The van der Waals surface area contributed by atoms with Crippen molar-refractivity contribution in [3.05, 3.63) is 64.2 Å². The van der Waals surface area contributed by atoms with Gasteiger partial charge in [0.05, 0.1) is 5.56 Å². The fraction of sp³-hybridized carbons (Fsp3) is 0.462. The maximum Gasteiger partial charge on any atom is 0.343 e. The van der Waals surface area contributed by atoms with Crippen molar-refractivity contribution >= 4 is 5.97 Å². The molecule has 2 aromatic carbocycles. The van der Waals surface area contributed by atoms with Gasteiger partial charge in [-0.3, -0.25) is 0 Å². The summed E-state index contributed by atoms with van der Waals surface area (Å²) >= 11 is 0. The van der Waals surface area contributed by atoms with E-state index in [4.69, 9.17) is 10.00 Å². The third-order valence-corrected chi connectivity index (χ3v) is 7.36. The van der Waals surface area contributed by atoms with E-state index in [0.29, 0.717) is 30.4 Å². The third-order valence-electron chi connectivity index (χ3n) is 7.36. The number of hydrogen-bond donors (Lipinski definition) is 0. The van der Waals surface area contributed by atoms with E-state index in [1.165, 1.54) is 18.9 Å². The van der Waals surface area contributed by atoms with Crippen LogP contribution in [0.25, 0.3) is 0 Å². The van der Waals surface area contributed by atoms with Gasteiger partial charge in [-0.2, -0.15) is 5.26 Å². The van der Waals surface area contributed by atoms with E-state index >= 15 is 0 Å². The second-order valence-corrected chi connectivity index (χ2v) is 9.23. The lowest BCUT2D eigenvalue weighted by Crippen LogP contribution is -2.30. The fourth-order valence-electron chi connectivity index (χ4n) is 5.59. The summed E-state index contributed by atoms with van der Waals surface area (Å²) < 4.78 is 62.3. The number of carbonyl (C=O) groups is 1. The summed E-state index contributed by atoms with van der Waals surface area (Å²) in [6.07, 6.45) is 7.02. The number of rotatable bonds is 4. The maximum absolute atomic E-state index is 15.0. The zero-order valence-corrected chi connectivity index (χ0v) is 18.3. The van der Waals surface area contributed by atoms with Crippen LogP contribution in [0.3, 0.4) is 0 Å². The van der Waals surface area contributed by atoms with Crippen molar-refractivity contribution in [2.45, 2.75) is 57.8 Å². The standard InChI is InChI=1S/C26H25F4NO2/c1-2-14-3-4-16-8-17(6-5-15(16)7-14)25-23(29)9-18(10-24(25)30)26(32)33-19-11-21(27)20(13-31)22(28)12-19/h9-12,14-17H,2-8H2,1H3/t14-,15-,16+,17?/m0/s1. The molecule has 174 valence electrons. The molecule has 2 aliphatic rings. The molecule has 0 heterocycles. The van der Waals surface area contributed by atoms with Crippen LogP contribution >= 0.6 is 0 Å². The summed E-state index contributed by atoms with van der Waals surface area (Å²) in [4.78, 5) is 12.4. The topological polar surface area (TPSA) is 50.1 Å². The summed E-state index contributed by atoms with van der Waals surface area (Å²) in [7, 11) is 0. The molecule has 0 radical (unpaired) electrons. The Labute approximate surface area is 190 Å². The van der Waals surface area contributed by atoms with Gasteiger partial charge in [0.15, 0.2) is 0 Å². The number of esters is 1. The fourth-order valence-corrected chi connectivity index (χ4v) is 5.59. The minimum Gasteiger partial charge on any atom is -0.423 e. The van der Waals surface area contributed by atoms with Gasteiger partial charge in [-0.25, -0.2) is 22.4 Å². The molecule has 1 unspecified atom stereocenters. The van der Waals surface area contributed by atoms with Crippen LogP contribution in [-0.4, -0.2) is 5.97 Å². The van der Waals surface area contributed by atoms with Gasteiger partial charge < -0.3 is 4.74 Å². The van der Waals surface area contributed by atoms with E-state index < -0.39 is 46.1 Å². The Morgan fingerprint density at radius 2 is 1.55 bits per heavy atom. The molecule has 0 spiro atoms. The van der Waals surface area contributed by atoms with Gasteiger partial charge in [0.25, 0.3) is 0 Å². The van der Waals surface area contributed by atoms with Crippen LogP contribution in [0.2, 0.25) is 0 Å². The molecule has 3 nitrogen and oxygen atoms in total. The van der Waals surface area contributed by atoms with E-state index in [9.17, 15) is 22.4 Å². The molecule has 0 aromatic heterocycles. The van der Waals surface area contributed by atoms with Gasteiger partial charge >= 0.3 is 5.97 Å². The average Bonchev–Trinajstić information content (AvgIpc) is 2.78. The summed E-state index contributed by atoms with van der Waals surface area (Å²) in [6.45, 7) is 2.21. The lowest BCUT2D eigenvalue weighted by molar-refractivity contribution is 0.0732. The molecule has 0 aliphatic heterocycles. The first-order chi connectivity index (χ1) is 15.8. The molecule has 0 bridgehead atoms. The molecule has 0 N–H and O–H groups in total. The summed E-state index contributed by atoms with van der Waals surface area (Å²) in [5.74, 6) is -4.08. The van der Waals surface area contributed by atoms with Crippen LogP contribution in [0.15, 0.2) is 24.3 Å². The molecule has 4 atom stereocenters. The molecular formula is C26H25F4NO2. The molecule has 2 aromatic rings. The Morgan fingerprint density at radius 1 is 0.939 bits per heavy atom. The zero-order chi connectivity index (χ0) is 23.7. The van der Waals surface area contributed by atoms with E-state index in [0.717, 1.165) is 43.7 Å². The maximum atomic E-state index is 15.0. The lowest BCUT2D eigenvalue weighted by Gasteiger charge is -2.42. The van der Waals surface area contributed by atoms with E-state index in [2.05, 4.69) is 6.92 Å². The van der Waals surface area contributed by atoms with Crippen molar-refractivity contribution in [1.82, 2.24) is 0 Å². The highest BCUT2D eigenvalue weighted by molar-refractivity contribution is 5.91. The number of hydrogen-bond acceptors (Lipinski definition) is 3. The largest absolute Gasteiger partial charge is 0.423 e. The van der Waals surface area contributed by atoms with Crippen molar-refractivity contribution in [3.63, 3.8) is 0 Å². The van der Waals surface area contributed by atoms with Crippen molar-refractivity contribution in [2.75, 3.05) is 0 Å². The molecule has 33 heavy (non-hydrogen) atoms. The molecule has 7 heteroatoms. The zero-order valence-electron chi connectivity index (χ0n) is 18.3. The summed E-state index contributed by atoms with van der Waals surface area (Å²) in [5.41, 5.74) is -1.21. The predicted molar refractivity (Wildman–Crippen MR) is 114 cm³/mol. The highest BCUT2D eigenvalue weighted by Crippen LogP contribution is 2.48. The molecule has 0 amide bonds. The van der Waals surface area contributed by atoms with E-state index in [1.807, 2.05) is 0 Å². The Hall–Kier alpha value is -2.88. The van der Waals surface area contributed by atoms with Crippen LogP contribution in [0.5, 0.6) is 5.75 Å². The molecule has 2 aliphatic carbocycles. The van der Waals surface area contributed by atoms with Gasteiger partial charge in [0, 0.05) is 17.7 Å². The van der Waals surface area contributed by atoms with Crippen molar-refractivity contribution in [1.29, 1.82) is 5.26 Å². The Bertz CT molecular complexity index is 1060. The third kappa shape index (κ3) is 4.75. The van der Waals surface area contributed by atoms with Gasteiger partial charge in [0.2, 0.25) is 0 Å². The van der Waals surface area contributed by atoms with Crippen LogP contribution < -0.4 is 4.74 Å².